The molecule has 3 heteroatoms. The van der Waals surface area contributed by atoms with Gasteiger partial charge in [0.05, 0.1) is 7.11 Å². The summed E-state index contributed by atoms with van der Waals surface area (Å²) in [6, 6.07) is 15.1. The lowest BCUT2D eigenvalue weighted by atomic mass is 10.1. The van der Waals surface area contributed by atoms with Crippen molar-refractivity contribution in [2.75, 3.05) is 13.7 Å². The number of halogens is 1. The smallest absolute Gasteiger partial charge is 0.165 e. The minimum Gasteiger partial charge on any atom is -0.494 e. The van der Waals surface area contributed by atoms with E-state index in [4.69, 9.17) is 4.74 Å². The van der Waals surface area contributed by atoms with Crippen molar-refractivity contribution in [2.45, 2.75) is 32.2 Å². The molecular formula is C21H24FNO. The Labute approximate surface area is 144 Å². The number of hydrogen-bond donors (Lipinski definition) is 1. The molecule has 0 aromatic heterocycles. The first-order valence-corrected chi connectivity index (χ1v) is 8.36. The summed E-state index contributed by atoms with van der Waals surface area (Å²) in [5.74, 6) is 6.36. The highest BCUT2D eigenvalue weighted by Gasteiger charge is 2.02. The van der Waals surface area contributed by atoms with Gasteiger partial charge in [-0.25, -0.2) is 4.39 Å². The summed E-state index contributed by atoms with van der Waals surface area (Å²) in [6.07, 6.45) is 4.29. The van der Waals surface area contributed by atoms with Crippen LogP contribution in [0.1, 0.15) is 36.8 Å². The van der Waals surface area contributed by atoms with Gasteiger partial charge < -0.3 is 10.1 Å². The van der Waals surface area contributed by atoms with Crippen LogP contribution in [0.2, 0.25) is 0 Å². The van der Waals surface area contributed by atoms with Crippen molar-refractivity contribution >= 4 is 0 Å². The fraction of sp³-hybridized carbons (Fsp3) is 0.333. The second kappa shape index (κ2) is 10.5. The van der Waals surface area contributed by atoms with Gasteiger partial charge in [0, 0.05) is 18.5 Å². The van der Waals surface area contributed by atoms with Crippen LogP contribution in [0.25, 0.3) is 0 Å². The first-order valence-electron chi connectivity index (χ1n) is 8.36. The van der Waals surface area contributed by atoms with Crippen LogP contribution < -0.4 is 10.1 Å². The zero-order chi connectivity index (χ0) is 17.0. The summed E-state index contributed by atoms with van der Waals surface area (Å²) < 4.78 is 18.5. The van der Waals surface area contributed by atoms with E-state index in [-0.39, 0.29) is 11.6 Å². The molecule has 0 unspecified atom stereocenters. The van der Waals surface area contributed by atoms with Crippen molar-refractivity contribution in [2.24, 2.45) is 0 Å². The Kier molecular flexibility index (Phi) is 7.86. The van der Waals surface area contributed by atoms with Gasteiger partial charge in [-0.2, -0.15) is 0 Å². The van der Waals surface area contributed by atoms with Crippen LogP contribution in [0.5, 0.6) is 5.75 Å². The van der Waals surface area contributed by atoms with E-state index in [2.05, 4.69) is 17.2 Å². The molecule has 2 rings (SSSR count). The van der Waals surface area contributed by atoms with Gasteiger partial charge in [0.15, 0.2) is 11.6 Å². The average molecular weight is 325 g/mol. The molecule has 0 heterocycles. The molecule has 2 aromatic rings. The number of unbranched alkanes of at least 4 members (excludes halogenated alkanes) is 3. The number of ether oxygens (including phenoxy) is 1. The lowest BCUT2D eigenvalue weighted by molar-refractivity contribution is 0.386. The number of benzene rings is 2. The number of methoxy groups -OCH3 is 1. The van der Waals surface area contributed by atoms with Crippen LogP contribution in [0.15, 0.2) is 48.5 Å². The highest BCUT2D eigenvalue weighted by atomic mass is 19.1. The van der Waals surface area contributed by atoms with Crippen LogP contribution in [-0.2, 0) is 6.54 Å². The van der Waals surface area contributed by atoms with Crippen molar-refractivity contribution < 1.29 is 9.13 Å². The maximum Gasteiger partial charge on any atom is 0.165 e. The average Bonchev–Trinajstić information content (AvgIpc) is 2.61. The summed E-state index contributed by atoms with van der Waals surface area (Å²) >= 11 is 0. The van der Waals surface area contributed by atoms with Gasteiger partial charge in [0.2, 0.25) is 0 Å². The SMILES string of the molecule is COc1ccc(CNCCCCCC#Cc2ccccc2)cc1F. The first kappa shape index (κ1) is 18.0. The standard InChI is InChI=1S/C21H24FNO/c1-24-21-14-13-19(16-20(21)22)17-23-15-9-4-2-3-6-10-18-11-7-5-8-12-18/h5,7-8,11-14,16,23H,2-4,9,15,17H2,1H3. The molecule has 126 valence electrons. The largest absolute Gasteiger partial charge is 0.494 e. The van der Waals surface area contributed by atoms with Gasteiger partial charge >= 0.3 is 0 Å². The first-order chi connectivity index (χ1) is 11.8. The molecule has 0 aliphatic carbocycles. The Morgan fingerprint density at radius 1 is 1.04 bits per heavy atom. The van der Waals surface area contributed by atoms with Crippen molar-refractivity contribution in [3.8, 4) is 17.6 Å². The van der Waals surface area contributed by atoms with E-state index >= 15 is 0 Å². The van der Waals surface area contributed by atoms with Gasteiger partial charge in [-0.3, -0.25) is 0 Å². The van der Waals surface area contributed by atoms with Crippen LogP contribution in [0.4, 0.5) is 4.39 Å². The summed E-state index contributed by atoms with van der Waals surface area (Å²) in [4.78, 5) is 0. The molecule has 24 heavy (non-hydrogen) atoms. The third kappa shape index (κ3) is 6.44. The van der Waals surface area contributed by atoms with E-state index < -0.39 is 0 Å². The Morgan fingerprint density at radius 2 is 1.88 bits per heavy atom. The topological polar surface area (TPSA) is 21.3 Å². The predicted octanol–water partition coefficient (Wildman–Crippen LogP) is 4.54. The molecule has 0 fully saturated rings. The van der Waals surface area contributed by atoms with Crippen molar-refractivity contribution in [1.29, 1.82) is 0 Å². The second-order valence-corrected chi connectivity index (χ2v) is 5.62. The Bertz CT molecular complexity index is 673. The van der Waals surface area contributed by atoms with Crippen LogP contribution in [-0.4, -0.2) is 13.7 Å². The summed E-state index contributed by atoms with van der Waals surface area (Å²) in [5, 5.41) is 3.34. The molecule has 0 aliphatic rings. The maximum absolute atomic E-state index is 13.6. The molecule has 2 nitrogen and oxygen atoms in total. The normalized spacial score (nSPS) is 10.1. The second-order valence-electron chi connectivity index (χ2n) is 5.62. The molecule has 0 amide bonds. The van der Waals surface area contributed by atoms with Crippen LogP contribution >= 0.6 is 0 Å². The zero-order valence-electron chi connectivity index (χ0n) is 14.1. The molecular weight excluding hydrogens is 301 g/mol. The van der Waals surface area contributed by atoms with E-state index in [0.29, 0.717) is 6.54 Å². The molecule has 2 aromatic carbocycles. The third-order valence-electron chi connectivity index (χ3n) is 3.71. The number of hydrogen-bond acceptors (Lipinski definition) is 2. The summed E-state index contributed by atoms with van der Waals surface area (Å²) in [5.41, 5.74) is 2.01. The monoisotopic (exact) mass is 325 g/mol. The summed E-state index contributed by atoms with van der Waals surface area (Å²) in [7, 11) is 1.47. The van der Waals surface area contributed by atoms with Gasteiger partial charge in [0.25, 0.3) is 0 Å². The molecule has 0 saturated heterocycles. The number of rotatable bonds is 8. The van der Waals surface area contributed by atoms with Gasteiger partial charge in [-0.15, -0.1) is 0 Å². The quantitative estimate of drug-likeness (QED) is 0.568. The fourth-order valence-electron chi connectivity index (χ4n) is 2.38. The van der Waals surface area contributed by atoms with Crippen molar-refractivity contribution in [1.82, 2.24) is 5.32 Å². The van der Waals surface area contributed by atoms with E-state index in [1.165, 1.54) is 13.2 Å². The lowest BCUT2D eigenvalue weighted by Crippen LogP contribution is -2.14. The summed E-state index contributed by atoms with van der Waals surface area (Å²) in [6.45, 7) is 1.61. The highest BCUT2D eigenvalue weighted by Crippen LogP contribution is 2.17. The Morgan fingerprint density at radius 3 is 2.62 bits per heavy atom. The van der Waals surface area contributed by atoms with Crippen LogP contribution in [0, 0.1) is 17.7 Å². The molecule has 0 bridgehead atoms. The molecule has 0 saturated carbocycles. The van der Waals surface area contributed by atoms with Crippen LogP contribution in [0.3, 0.4) is 0 Å². The molecule has 1 N–H and O–H groups in total. The maximum atomic E-state index is 13.6. The Balaban J connectivity index is 1.54. The molecule has 0 spiro atoms. The zero-order valence-corrected chi connectivity index (χ0v) is 14.1. The van der Waals surface area contributed by atoms with Crippen molar-refractivity contribution in [3.05, 3.63) is 65.5 Å². The van der Waals surface area contributed by atoms with E-state index in [0.717, 1.165) is 43.4 Å². The van der Waals surface area contributed by atoms with E-state index in [1.54, 1.807) is 6.07 Å². The Hall–Kier alpha value is -2.31. The number of nitrogens with one attached hydrogen (secondary N) is 1. The molecule has 0 radical (unpaired) electrons. The minimum atomic E-state index is -0.311. The van der Waals surface area contributed by atoms with E-state index in [1.807, 2.05) is 36.4 Å². The fourth-order valence-corrected chi connectivity index (χ4v) is 2.38. The van der Waals surface area contributed by atoms with Gasteiger partial charge in [-0.1, -0.05) is 42.5 Å². The lowest BCUT2D eigenvalue weighted by Gasteiger charge is -2.07. The van der Waals surface area contributed by atoms with Crippen molar-refractivity contribution in [3.63, 3.8) is 0 Å². The van der Waals surface area contributed by atoms with Gasteiger partial charge in [0.1, 0.15) is 0 Å². The van der Waals surface area contributed by atoms with Gasteiger partial charge in [-0.05, 0) is 49.2 Å². The third-order valence-corrected chi connectivity index (χ3v) is 3.71. The molecule has 0 aliphatic heterocycles. The minimum absolute atomic E-state index is 0.287. The van der Waals surface area contributed by atoms with E-state index in [9.17, 15) is 4.39 Å². The highest BCUT2D eigenvalue weighted by molar-refractivity contribution is 5.33. The molecule has 0 atom stereocenters. The predicted molar refractivity (Wildman–Crippen MR) is 96.4 cm³/mol.